The average molecular weight is 287 g/mol. The fraction of sp³-hybridized carbons (Fsp3) is 0.538. The van der Waals surface area contributed by atoms with E-state index in [1.165, 1.54) is 0 Å². The van der Waals surface area contributed by atoms with Crippen LogP contribution in [0.5, 0.6) is 0 Å². The predicted octanol–water partition coefficient (Wildman–Crippen LogP) is 4.22. The Bertz CT molecular complexity index is 459. The van der Waals surface area contributed by atoms with Crippen LogP contribution in [0.25, 0.3) is 0 Å². The second-order valence-corrected chi connectivity index (χ2v) is 5.89. The largest absolute Gasteiger partial charge is 0.323 e. The maximum atomic E-state index is 12.3. The lowest BCUT2D eigenvalue weighted by molar-refractivity contribution is -0.124. The highest BCUT2D eigenvalue weighted by molar-refractivity contribution is 6.34. The first-order valence-corrected chi connectivity index (χ1v) is 6.82. The molecule has 0 aromatic carbocycles. The van der Waals surface area contributed by atoms with Gasteiger partial charge in [-0.1, -0.05) is 43.0 Å². The second kappa shape index (κ2) is 5.06. The molecular weight excluding hydrogens is 271 g/mol. The molecule has 2 rings (SSSR count). The zero-order valence-electron chi connectivity index (χ0n) is 10.5. The van der Waals surface area contributed by atoms with Crippen molar-refractivity contribution in [3.05, 3.63) is 21.9 Å². The van der Waals surface area contributed by atoms with Gasteiger partial charge in [0.1, 0.15) is 5.15 Å². The lowest BCUT2D eigenvalue weighted by Crippen LogP contribution is -2.31. The summed E-state index contributed by atoms with van der Waals surface area (Å²) in [6, 6.07) is 1.69. The number of aryl methyl sites for hydroxylation is 1. The Morgan fingerprint density at radius 1 is 1.39 bits per heavy atom. The van der Waals surface area contributed by atoms with E-state index in [1.54, 1.807) is 6.07 Å². The lowest BCUT2D eigenvalue weighted by atomic mass is 9.88. The number of hydrogen-bond acceptors (Lipinski definition) is 2. The lowest BCUT2D eigenvalue weighted by Gasteiger charge is -2.23. The summed E-state index contributed by atoms with van der Waals surface area (Å²) in [4.78, 5) is 16.2. The molecule has 1 aromatic rings. The Balaban J connectivity index is 2.22. The normalized spacial score (nSPS) is 17.8. The molecule has 5 heteroatoms. The predicted molar refractivity (Wildman–Crippen MR) is 74.2 cm³/mol. The molecule has 1 aliphatic carbocycles. The quantitative estimate of drug-likeness (QED) is 0.828. The van der Waals surface area contributed by atoms with Crippen molar-refractivity contribution in [2.45, 2.75) is 39.5 Å². The third-order valence-electron chi connectivity index (χ3n) is 3.64. The molecule has 0 bridgehead atoms. The highest BCUT2D eigenvalue weighted by Gasteiger charge is 2.36. The third kappa shape index (κ3) is 2.62. The zero-order chi connectivity index (χ0) is 13.3. The van der Waals surface area contributed by atoms with Crippen molar-refractivity contribution in [3.8, 4) is 0 Å². The molecule has 0 radical (unpaired) electrons. The van der Waals surface area contributed by atoms with Crippen molar-refractivity contribution in [1.82, 2.24) is 4.98 Å². The number of amides is 1. The van der Waals surface area contributed by atoms with E-state index in [4.69, 9.17) is 23.2 Å². The molecule has 1 N–H and O–H groups in total. The molecule has 1 fully saturated rings. The van der Waals surface area contributed by atoms with Gasteiger partial charge in [0, 0.05) is 5.41 Å². The van der Waals surface area contributed by atoms with Crippen LogP contribution in [-0.4, -0.2) is 10.9 Å². The van der Waals surface area contributed by atoms with Gasteiger partial charge in [-0.3, -0.25) is 4.79 Å². The summed E-state index contributed by atoms with van der Waals surface area (Å²) in [5, 5.41) is 3.48. The Kier molecular flexibility index (Phi) is 3.83. The number of carbonyl (C=O) groups is 1. The van der Waals surface area contributed by atoms with E-state index in [0.29, 0.717) is 10.8 Å². The minimum atomic E-state index is -0.282. The standard InChI is InChI=1S/C13H16Cl2N2O/c1-8-7-9(14)16-11(15)10(8)17-12(18)13(2)5-3-4-6-13/h7H,3-6H2,1-2H3,(H,17,18). The van der Waals surface area contributed by atoms with Gasteiger partial charge in [0.25, 0.3) is 0 Å². The first-order chi connectivity index (χ1) is 8.42. The number of nitrogens with zero attached hydrogens (tertiary/aromatic N) is 1. The van der Waals surface area contributed by atoms with Crippen LogP contribution >= 0.6 is 23.2 Å². The number of nitrogens with one attached hydrogen (secondary N) is 1. The summed E-state index contributed by atoms with van der Waals surface area (Å²) in [7, 11) is 0. The zero-order valence-corrected chi connectivity index (χ0v) is 12.0. The molecule has 1 heterocycles. The summed E-state index contributed by atoms with van der Waals surface area (Å²) >= 11 is 11.8. The fourth-order valence-corrected chi connectivity index (χ4v) is 2.97. The van der Waals surface area contributed by atoms with E-state index in [2.05, 4.69) is 10.3 Å². The molecule has 0 saturated heterocycles. The van der Waals surface area contributed by atoms with Crippen LogP contribution in [-0.2, 0) is 4.79 Å². The SMILES string of the molecule is Cc1cc(Cl)nc(Cl)c1NC(=O)C1(C)CCCC1. The summed E-state index contributed by atoms with van der Waals surface area (Å²) in [6.07, 6.45) is 4.07. The van der Waals surface area contributed by atoms with E-state index in [9.17, 15) is 4.79 Å². The van der Waals surface area contributed by atoms with Crippen LogP contribution in [0.15, 0.2) is 6.07 Å². The molecule has 18 heavy (non-hydrogen) atoms. The van der Waals surface area contributed by atoms with E-state index in [0.717, 1.165) is 31.2 Å². The monoisotopic (exact) mass is 286 g/mol. The number of aromatic nitrogens is 1. The van der Waals surface area contributed by atoms with Crippen molar-refractivity contribution >= 4 is 34.8 Å². The van der Waals surface area contributed by atoms with Crippen molar-refractivity contribution in [2.75, 3.05) is 5.32 Å². The molecule has 0 spiro atoms. The number of carbonyl (C=O) groups excluding carboxylic acids is 1. The number of anilines is 1. The molecule has 1 aromatic heterocycles. The minimum Gasteiger partial charge on any atom is -0.323 e. The molecule has 1 aliphatic rings. The van der Waals surface area contributed by atoms with Gasteiger partial charge in [-0.15, -0.1) is 0 Å². The van der Waals surface area contributed by atoms with Gasteiger partial charge in [0.15, 0.2) is 5.15 Å². The van der Waals surface area contributed by atoms with E-state index >= 15 is 0 Å². The number of pyridine rings is 1. The number of hydrogen-bond donors (Lipinski definition) is 1. The van der Waals surface area contributed by atoms with Gasteiger partial charge in [-0.25, -0.2) is 4.98 Å². The van der Waals surface area contributed by atoms with Crippen LogP contribution in [0.4, 0.5) is 5.69 Å². The third-order valence-corrected chi connectivity index (χ3v) is 4.10. The van der Waals surface area contributed by atoms with Gasteiger partial charge in [-0.05, 0) is 31.4 Å². The van der Waals surface area contributed by atoms with Gasteiger partial charge in [-0.2, -0.15) is 0 Å². The summed E-state index contributed by atoms with van der Waals surface area (Å²) in [6.45, 7) is 3.86. The summed E-state index contributed by atoms with van der Waals surface area (Å²) < 4.78 is 0. The van der Waals surface area contributed by atoms with Crippen LogP contribution < -0.4 is 5.32 Å². The maximum Gasteiger partial charge on any atom is 0.230 e. The van der Waals surface area contributed by atoms with E-state index in [-0.39, 0.29) is 16.5 Å². The van der Waals surface area contributed by atoms with Gasteiger partial charge in [0.2, 0.25) is 5.91 Å². The smallest absolute Gasteiger partial charge is 0.230 e. The fourth-order valence-electron chi connectivity index (χ4n) is 2.39. The molecule has 0 atom stereocenters. The van der Waals surface area contributed by atoms with Crippen molar-refractivity contribution in [2.24, 2.45) is 5.41 Å². The highest BCUT2D eigenvalue weighted by Crippen LogP contribution is 2.39. The highest BCUT2D eigenvalue weighted by atomic mass is 35.5. The Labute approximate surface area is 117 Å². The maximum absolute atomic E-state index is 12.3. The Morgan fingerprint density at radius 3 is 2.56 bits per heavy atom. The van der Waals surface area contributed by atoms with Crippen LogP contribution in [0.2, 0.25) is 10.3 Å². The number of halogens is 2. The van der Waals surface area contributed by atoms with Crippen LogP contribution in [0, 0.1) is 12.3 Å². The average Bonchev–Trinajstić information content (AvgIpc) is 2.71. The number of rotatable bonds is 2. The molecule has 1 amide bonds. The first-order valence-electron chi connectivity index (χ1n) is 6.06. The van der Waals surface area contributed by atoms with Crippen LogP contribution in [0.3, 0.4) is 0 Å². The summed E-state index contributed by atoms with van der Waals surface area (Å²) in [5.74, 6) is 0.0223. The Morgan fingerprint density at radius 2 is 2.00 bits per heavy atom. The molecule has 1 saturated carbocycles. The minimum absolute atomic E-state index is 0.0223. The van der Waals surface area contributed by atoms with Gasteiger partial charge < -0.3 is 5.32 Å². The summed E-state index contributed by atoms with van der Waals surface area (Å²) in [5.41, 5.74) is 1.12. The van der Waals surface area contributed by atoms with Crippen molar-refractivity contribution < 1.29 is 4.79 Å². The molecule has 3 nitrogen and oxygen atoms in total. The molecule has 0 unspecified atom stereocenters. The topological polar surface area (TPSA) is 42.0 Å². The van der Waals surface area contributed by atoms with Crippen molar-refractivity contribution in [3.63, 3.8) is 0 Å². The first kappa shape index (κ1) is 13.6. The van der Waals surface area contributed by atoms with Crippen molar-refractivity contribution in [1.29, 1.82) is 0 Å². The van der Waals surface area contributed by atoms with Gasteiger partial charge in [0.05, 0.1) is 5.69 Å². The second-order valence-electron chi connectivity index (χ2n) is 5.15. The van der Waals surface area contributed by atoms with E-state index in [1.807, 2.05) is 13.8 Å². The van der Waals surface area contributed by atoms with Gasteiger partial charge >= 0.3 is 0 Å². The van der Waals surface area contributed by atoms with E-state index < -0.39 is 0 Å². The molecule has 0 aliphatic heterocycles. The Hall–Kier alpha value is -0.800. The molecular formula is C13H16Cl2N2O. The van der Waals surface area contributed by atoms with Crippen LogP contribution in [0.1, 0.15) is 38.2 Å². The molecule has 98 valence electrons.